The number of para-hydroxylation sites is 3. The van der Waals surface area contributed by atoms with Crippen LogP contribution >= 0.6 is 0 Å². The number of H-pyrrole nitrogens is 1. The van der Waals surface area contributed by atoms with Crippen molar-refractivity contribution in [3.05, 3.63) is 60.3 Å². The van der Waals surface area contributed by atoms with Crippen LogP contribution in [0.2, 0.25) is 0 Å². The molecule has 0 aliphatic heterocycles. The predicted octanol–water partition coefficient (Wildman–Crippen LogP) is 2.83. The molecule has 5 N–H and O–H groups in total. The van der Waals surface area contributed by atoms with Gasteiger partial charge in [0.25, 0.3) is 0 Å². The lowest BCUT2D eigenvalue weighted by Gasteiger charge is -1.94. The maximum absolute atomic E-state index is 10.5. The summed E-state index contributed by atoms with van der Waals surface area (Å²) in [5, 5.41) is 0.988. The van der Waals surface area contributed by atoms with Crippen molar-refractivity contribution in [3.8, 4) is 0 Å². The molecule has 0 bridgehead atoms. The van der Waals surface area contributed by atoms with Crippen LogP contribution in [0.3, 0.4) is 0 Å². The molecule has 0 atom stereocenters. The zero-order chi connectivity index (χ0) is 13.7. The average Bonchev–Trinajstić information content (AvgIpc) is 2.86. The van der Waals surface area contributed by atoms with Crippen molar-refractivity contribution in [2.45, 2.75) is 0 Å². The third-order valence-electron chi connectivity index (χ3n) is 2.74. The fourth-order valence-electron chi connectivity index (χ4n) is 1.70. The van der Waals surface area contributed by atoms with Gasteiger partial charge in [-0.05, 0) is 18.2 Å². The van der Waals surface area contributed by atoms with E-state index >= 15 is 0 Å². The Bertz CT molecular complexity index is 667. The van der Waals surface area contributed by atoms with Gasteiger partial charge < -0.3 is 16.5 Å². The molecule has 4 heteroatoms. The molecule has 3 aromatic rings. The number of rotatable bonds is 1. The first-order valence-electron chi connectivity index (χ1n) is 5.83. The first-order valence-corrected chi connectivity index (χ1v) is 5.83. The molecule has 0 spiro atoms. The quantitative estimate of drug-likeness (QED) is 0.460. The molecule has 19 heavy (non-hydrogen) atoms. The van der Waals surface area contributed by atoms with Gasteiger partial charge in [-0.2, -0.15) is 0 Å². The third-order valence-corrected chi connectivity index (χ3v) is 2.74. The molecule has 0 radical (unpaired) electrons. The molecule has 0 saturated heterocycles. The number of aromatic amines is 1. The topological polar surface area (TPSA) is 84.9 Å². The summed E-state index contributed by atoms with van der Waals surface area (Å²) in [5.74, 6) is 0. The van der Waals surface area contributed by atoms with Gasteiger partial charge in [-0.25, -0.2) is 0 Å². The number of nitrogen functional groups attached to an aromatic ring is 2. The molecule has 0 aliphatic rings. The number of fused-ring (bicyclic) bond motifs is 1. The van der Waals surface area contributed by atoms with Crippen molar-refractivity contribution in [2.75, 3.05) is 11.5 Å². The summed E-state index contributed by atoms with van der Waals surface area (Å²) in [7, 11) is 0. The second-order valence-electron chi connectivity index (χ2n) is 4.04. The molecular weight excluding hydrogens is 238 g/mol. The molecule has 1 heterocycles. The lowest BCUT2D eigenvalue weighted by Crippen LogP contribution is -1.91. The van der Waals surface area contributed by atoms with E-state index in [4.69, 9.17) is 11.5 Å². The number of anilines is 2. The highest BCUT2D eigenvalue weighted by Gasteiger charge is 1.98. The van der Waals surface area contributed by atoms with E-state index in [1.165, 1.54) is 0 Å². The Morgan fingerprint density at radius 3 is 2.05 bits per heavy atom. The maximum Gasteiger partial charge on any atom is 0.152 e. The Kier molecular flexibility index (Phi) is 3.83. The highest BCUT2D eigenvalue weighted by atomic mass is 16.1. The van der Waals surface area contributed by atoms with E-state index in [1.807, 2.05) is 36.4 Å². The number of carbonyl (C=O) groups is 1. The molecule has 3 rings (SSSR count). The number of benzene rings is 2. The van der Waals surface area contributed by atoms with Gasteiger partial charge in [0.05, 0.1) is 11.4 Å². The van der Waals surface area contributed by atoms with Crippen molar-refractivity contribution in [1.29, 1.82) is 0 Å². The fraction of sp³-hybridized carbons (Fsp3) is 0. The second-order valence-corrected chi connectivity index (χ2v) is 4.04. The van der Waals surface area contributed by atoms with Gasteiger partial charge in [-0.15, -0.1) is 0 Å². The fourth-order valence-corrected chi connectivity index (χ4v) is 1.70. The van der Waals surface area contributed by atoms with Crippen molar-refractivity contribution in [2.24, 2.45) is 0 Å². The van der Waals surface area contributed by atoms with Gasteiger partial charge in [-0.1, -0.05) is 30.3 Å². The minimum Gasteiger partial charge on any atom is -0.397 e. The Labute approximate surface area is 111 Å². The molecule has 1 aromatic heterocycles. The van der Waals surface area contributed by atoms with Crippen LogP contribution in [0.25, 0.3) is 10.9 Å². The summed E-state index contributed by atoms with van der Waals surface area (Å²) in [4.78, 5) is 13.5. The third kappa shape index (κ3) is 2.93. The molecule has 0 aliphatic carbocycles. The summed E-state index contributed by atoms with van der Waals surface area (Å²) in [6.45, 7) is 0. The van der Waals surface area contributed by atoms with E-state index in [9.17, 15) is 4.79 Å². The summed E-state index contributed by atoms with van der Waals surface area (Å²) >= 11 is 0. The van der Waals surface area contributed by atoms with Crippen LogP contribution in [-0.2, 0) is 0 Å². The average molecular weight is 253 g/mol. The predicted molar refractivity (Wildman–Crippen MR) is 79.0 cm³/mol. The maximum atomic E-state index is 10.5. The van der Waals surface area contributed by atoms with Crippen LogP contribution < -0.4 is 11.5 Å². The Balaban J connectivity index is 0.000000148. The van der Waals surface area contributed by atoms with Crippen molar-refractivity contribution >= 4 is 28.6 Å². The molecule has 0 amide bonds. The number of nitrogens with two attached hydrogens (primary N) is 2. The van der Waals surface area contributed by atoms with E-state index < -0.39 is 0 Å². The zero-order valence-electron chi connectivity index (χ0n) is 10.3. The number of aldehydes is 1. The Hall–Kier alpha value is -2.75. The van der Waals surface area contributed by atoms with Gasteiger partial charge in [-0.3, -0.25) is 4.79 Å². The zero-order valence-corrected chi connectivity index (χ0v) is 10.3. The van der Waals surface area contributed by atoms with E-state index in [2.05, 4.69) is 4.98 Å². The van der Waals surface area contributed by atoms with Gasteiger partial charge in [0.15, 0.2) is 6.29 Å². The van der Waals surface area contributed by atoms with Crippen molar-refractivity contribution in [3.63, 3.8) is 0 Å². The number of nitrogens with one attached hydrogen (secondary N) is 1. The van der Waals surface area contributed by atoms with Gasteiger partial charge in [0, 0.05) is 22.7 Å². The molecular formula is C15H15N3O. The monoisotopic (exact) mass is 253 g/mol. The minimum atomic E-state index is 0.646. The van der Waals surface area contributed by atoms with Crippen molar-refractivity contribution in [1.82, 2.24) is 4.98 Å². The smallest absolute Gasteiger partial charge is 0.152 e. The SMILES string of the molecule is Nc1ccccc1N.O=Cc1c[nH]c2ccccc12. The van der Waals surface area contributed by atoms with Crippen LogP contribution in [0, 0.1) is 0 Å². The highest BCUT2D eigenvalue weighted by molar-refractivity contribution is 5.96. The summed E-state index contributed by atoms with van der Waals surface area (Å²) < 4.78 is 0. The van der Waals surface area contributed by atoms with E-state index in [1.54, 1.807) is 18.3 Å². The number of hydrogen-bond donors (Lipinski definition) is 3. The summed E-state index contributed by atoms with van der Waals surface area (Å²) in [6, 6.07) is 15.0. The summed E-state index contributed by atoms with van der Waals surface area (Å²) in [6.07, 6.45) is 2.58. The van der Waals surface area contributed by atoms with E-state index in [0.717, 1.165) is 22.8 Å². The van der Waals surface area contributed by atoms with Crippen molar-refractivity contribution < 1.29 is 4.79 Å². The van der Waals surface area contributed by atoms with Gasteiger partial charge in [0.2, 0.25) is 0 Å². The number of carbonyl (C=O) groups excluding carboxylic acids is 1. The number of aromatic nitrogens is 1. The first-order chi connectivity index (χ1) is 9.22. The lowest BCUT2D eigenvalue weighted by atomic mass is 10.2. The van der Waals surface area contributed by atoms with Crippen LogP contribution in [0.4, 0.5) is 11.4 Å². The first kappa shape index (κ1) is 12.7. The van der Waals surface area contributed by atoms with Gasteiger partial charge >= 0.3 is 0 Å². The standard InChI is InChI=1S/C9H7NO.C6H8N2/c11-6-7-5-10-9-4-2-1-3-8(7)9;7-5-3-1-2-4-6(5)8/h1-6,10H;1-4H,7-8H2. The lowest BCUT2D eigenvalue weighted by molar-refractivity contribution is 0.112. The largest absolute Gasteiger partial charge is 0.397 e. The Morgan fingerprint density at radius 2 is 1.47 bits per heavy atom. The molecule has 4 nitrogen and oxygen atoms in total. The van der Waals surface area contributed by atoms with E-state index in [-0.39, 0.29) is 0 Å². The number of hydrogen-bond acceptors (Lipinski definition) is 3. The molecule has 0 unspecified atom stereocenters. The molecule has 2 aromatic carbocycles. The summed E-state index contributed by atoms with van der Waals surface area (Å²) in [5.41, 5.74) is 13.8. The van der Waals surface area contributed by atoms with Crippen LogP contribution in [0.15, 0.2) is 54.7 Å². The normalized spacial score (nSPS) is 9.68. The van der Waals surface area contributed by atoms with Gasteiger partial charge in [0.1, 0.15) is 0 Å². The molecule has 96 valence electrons. The van der Waals surface area contributed by atoms with E-state index in [0.29, 0.717) is 11.4 Å². The van der Waals surface area contributed by atoms with Crippen LogP contribution in [-0.4, -0.2) is 11.3 Å². The molecule has 0 fully saturated rings. The van der Waals surface area contributed by atoms with Crippen LogP contribution in [0.1, 0.15) is 10.4 Å². The Morgan fingerprint density at radius 1 is 0.895 bits per heavy atom. The second kappa shape index (κ2) is 5.73. The van der Waals surface area contributed by atoms with Crippen LogP contribution in [0.5, 0.6) is 0 Å². The minimum absolute atomic E-state index is 0.646. The molecule has 0 saturated carbocycles. The highest BCUT2D eigenvalue weighted by Crippen LogP contribution is 2.15.